The number of nitrogens with two attached hydrogens (primary N) is 2. The summed E-state index contributed by atoms with van der Waals surface area (Å²) in [5.74, 6) is -0.390. The van der Waals surface area contributed by atoms with E-state index < -0.39 is 11.9 Å². The van der Waals surface area contributed by atoms with Crippen molar-refractivity contribution in [3.63, 3.8) is 0 Å². The molecule has 0 aliphatic heterocycles. The minimum absolute atomic E-state index is 0.0669. The lowest BCUT2D eigenvalue weighted by atomic mass is 9.91. The van der Waals surface area contributed by atoms with Crippen molar-refractivity contribution in [1.29, 1.82) is 0 Å². The molecule has 0 heterocycles. The number of rotatable bonds is 2. The molecule has 4 nitrogen and oxygen atoms in total. The van der Waals surface area contributed by atoms with Crippen LogP contribution in [0.1, 0.15) is 27.9 Å². The minimum Gasteiger partial charge on any atom is -0.366 e. The predicted octanol–water partition coefficient (Wildman–Crippen LogP) is 1.84. The van der Waals surface area contributed by atoms with Gasteiger partial charge in [-0.1, -0.05) is 30.3 Å². The summed E-state index contributed by atoms with van der Waals surface area (Å²) in [6.45, 7) is 0. The van der Waals surface area contributed by atoms with Gasteiger partial charge in [0.2, 0.25) is 5.91 Å². The van der Waals surface area contributed by atoms with E-state index in [0.29, 0.717) is 18.4 Å². The molecule has 1 amide bonds. The quantitative estimate of drug-likeness (QED) is 0.829. The van der Waals surface area contributed by atoms with Crippen molar-refractivity contribution in [3.8, 4) is 11.1 Å². The van der Waals surface area contributed by atoms with Crippen LogP contribution in [-0.2, 0) is 17.6 Å². The molecule has 1 aliphatic carbocycles. The Hall–Kier alpha value is -2.46. The van der Waals surface area contributed by atoms with Crippen LogP contribution in [0.2, 0.25) is 0 Å². The molecule has 1 aliphatic rings. The van der Waals surface area contributed by atoms with Crippen molar-refractivity contribution >= 4 is 11.7 Å². The van der Waals surface area contributed by atoms with E-state index in [2.05, 4.69) is 0 Å². The van der Waals surface area contributed by atoms with Crippen LogP contribution in [-0.4, -0.2) is 17.7 Å². The van der Waals surface area contributed by atoms with Crippen LogP contribution < -0.4 is 11.5 Å². The van der Waals surface area contributed by atoms with E-state index >= 15 is 0 Å². The second-order valence-electron chi connectivity index (χ2n) is 5.68. The van der Waals surface area contributed by atoms with E-state index in [0.717, 1.165) is 28.7 Å². The van der Waals surface area contributed by atoms with Gasteiger partial charge in [0.15, 0.2) is 5.78 Å². The summed E-state index contributed by atoms with van der Waals surface area (Å²) in [5, 5.41) is 0. The van der Waals surface area contributed by atoms with Gasteiger partial charge in [-0.15, -0.1) is 0 Å². The first-order valence-electron chi connectivity index (χ1n) is 7.35. The average Bonchev–Trinajstić information content (AvgIpc) is 2.67. The molecular formula is C18H18N2O2. The van der Waals surface area contributed by atoms with Crippen LogP contribution in [0.3, 0.4) is 0 Å². The number of Topliss-reactive ketones (excluding diaryl/α,β-unsaturated/α-hetero) is 1. The third-order valence-electron chi connectivity index (χ3n) is 4.22. The number of benzene rings is 2. The van der Waals surface area contributed by atoms with Crippen LogP contribution in [0.15, 0.2) is 42.5 Å². The van der Waals surface area contributed by atoms with Gasteiger partial charge in [-0.25, -0.2) is 0 Å². The summed E-state index contributed by atoms with van der Waals surface area (Å²) in [4.78, 5) is 23.5. The molecule has 2 aromatic carbocycles. The molecule has 0 saturated heterocycles. The predicted molar refractivity (Wildman–Crippen MR) is 85.4 cm³/mol. The molecule has 4 N–H and O–H groups in total. The molecule has 3 rings (SSSR count). The Morgan fingerprint density at radius 1 is 1.14 bits per heavy atom. The lowest BCUT2D eigenvalue weighted by Crippen LogP contribution is -2.30. The molecule has 22 heavy (non-hydrogen) atoms. The van der Waals surface area contributed by atoms with Crippen LogP contribution in [0.5, 0.6) is 0 Å². The summed E-state index contributed by atoms with van der Waals surface area (Å²) >= 11 is 0. The summed E-state index contributed by atoms with van der Waals surface area (Å²) in [5.41, 5.74) is 15.8. The van der Waals surface area contributed by atoms with Crippen molar-refractivity contribution < 1.29 is 9.59 Å². The topological polar surface area (TPSA) is 86.2 Å². The number of carbonyl (C=O) groups excluding carboxylic acids is 2. The normalized spacial score (nSPS) is 17.7. The number of primary amides is 1. The Balaban J connectivity index is 2.11. The van der Waals surface area contributed by atoms with E-state index in [-0.39, 0.29) is 5.78 Å². The summed E-state index contributed by atoms with van der Waals surface area (Å²) < 4.78 is 0. The third kappa shape index (κ3) is 2.65. The van der Waals surface area contributed by atoms with Gasteiger partial charge in [0.25, 0.3) is 0 Å². The summed E-state index contributed by atoms with van der Waals surface area (Å²) in [6, 6.07) is 12.8. The third-order valence-corrected chi connectivity index (χ3v) is 4.22. The second kappa shape index (κ2) is 5.73. The Morgan fingerprint density at radius 3 is 2.68 bits per heavy atom. The van der Waals surface area contributed by atoms with Crippen LogP contribution >= 0.6 is 0 Å². The monoisotopic (exact) mass is 294 g/mol. The Bertz CT molecular complexity index is 753. The zero-order valence-corrected chi connectivity index (χ0v) is 12.2. The fraction of sp³-hybridized carbons (Fsp3) is 0.222. The van der Waals surface area contributed by atoms with Gasteiger partial charge in [-0.3, -0.25) is 9.59 Å². The molecule has 1 atom stereocenters. The maximum Gasteiger partial charge on any atom is 0.248 e. The first-order chi connectivity index (χ1) is 10.6. The number of fused-ring (bicyclic) bond motifs is 1. The molecule has 4 heteroatoms. The van der Waals surface area contributed by atoms with E-state index in [1.165, 1.54) is 0 Å². The first kappa shape index (κ1) is 14.5. The van der Waals surface area contributed by atoms with Gasteiger partial charge < -0.3 is 11.5 Å². The number of ketones is 1. The van der Waals surface area contributed by atoms with E-state index in [4.69, 9.17) is 11.5 Å². The minimum atomic E-state index is -0.457. The molecule has 0 bridgehead atoms. The lowest BCUT2D eigenvalue weighted by molar-refractivity contribution is -0.119. The van der Waals surface area contributed by atoms with Crippen LogP contribution in [0.25, 0.3) is 11.1 Å². The number of amides is 1. The zero-order chi connectivity index (χ0) is 15.7. The van der Waals surface area contributed by atoms with Crippen LogP contribution in [0.4, 0.5) is 0 Å². The second-order valence-corrected chi connectivity index (χ2v) is 5.68. The van der Waals surface area contributed by atoms with Gasteiger partial charge in [-0.05, 0) is 47.2 Å². The molecular weight excluding hydrogens is 276 g/mol. The largest absolute Gasteiger partial charge is 0.366 e. The fourth-order valence-electron chi connectivity index (χ4n) is 2.97. The van der Waals surface area contributed by atoms with Gasteiger partial charge in [-0.2, -0.15) is 0 Å². The molecule has 0 fully saturated rings. The Labute approximate surface area is 129 Å². The van der Waals surface area contributed by atoms with E-state index in [1.54, 1.807) is 18.2 Å². The van der Waals surface area contributed by atoms with Gasteiger partial charge in [0.05, 0.1) is 6.04 Å². The molecule has 0 spiro atoms. The van der Waals surface area contributed by atoms with Gasteiger partial charge in [0, 0.05) is 12.0 Å². The molecule has 0 aromatic heterocycles. The maximum atomic E-state index is 12.1. The molecule has 0 radical (unpaired) electrons. The van der Waals surface area contributed by atoms with E-state index in [1.807, 2.05) is 24.3 Å². The average molecular weight is 294 g/mol. The van der Waals surface area contributed by atoms with Crippen molar-refractivity contribution in [3.05, 3.63) is 59.2 Å². The smallest absolute Gasteiger partial charge is 0.248 e. The van der Waals surface area contributed by atoms with Crippen molar-refractivity contribution in [1.82, 2.24) is 0 Å². The van der Waals surface area contributed by atoms with Crippen molar-refractivity contribution in [2.24, 2.45) is 11.5 Å². The number of hydrogen-bond donors (Lipinski definition) is 2. The van der Waals surface area contributed by atoms with Crippen LogP contribution in [0, 0.1) is 0 Å². The van der Waals surface area contributed by atoms with Crippen molar-refractivity contribution in [2.45, 2.75) is 25.3 Å². The highest BCUT2D eigenvalue weighted by Gasteiger charge is 2.22. The number of aryl methyl sites for hydroxylation is 1. The Kier molecular flexibility index (Phi) is 3.77. The molecule has 0 saturated carbocycles. The fourth-order valence-corrected chi connectivity index (χ4v) is 2.97. The highest BCUT2D eigenvalue weighted by atomic mass is 16.1. The highest BCUT2D eigenvalue weighted by molar-refractivity contribution is 5.94. The number of hydrogen-bond acceptors (Lipinski definition) is 3. The molecule has 1 unspecified atom stereocenters. The highest BCUT2D eigenvalue weighted by Crippen LogP contribution is 2.30. The molecule has 2 aromatic rings. The summed E-state index contributed by atoms with van der Waals surface area (Å²) in [6.07, 6.45) is 1.82. The van der Waals surface area contributed by atoms with Crippen molar-refractivity contribution in [2.75, 3.05) is 0 Å². The zero-order valence-electron chi connectivity index (χ0n) is 12.2. The van der Waals surface area contributed by atoms with Gasteiger partial charge in [0.1, 0.15) is 0 Å². The first-order valence-corrected chi connectivity index (χ1v) is 7.35. The summed E-state index contributed by atoms with van der Waals surface area (Å²) in [7, 11) is 0. The Morgan fingerprint density at radius 2 is 1.91 bits per heavy atom. The standard InChI is InChI=1S/C18H18N2O2/c19-16-8-7-11-3-2-6-14(15(11)10-17(16)21)12-4-1-5-13(9-12)18(20)22/h1-6,9,16H,7-8,10,19H2,(H2,20,22). The van der Waals surface area contributed by atoms with E-state index in [9.17, 15) is 9.59 Å². The van der Waals surface area contributed by atoms with Gasteiger partial charge >= 0.3 is 0 Å². The number of carbonyl (C=O) groups is 2. The SMILES string of the molecule is NC(=O)c1cccc(-c2cccc3c2CC(=O)C(N)CC3)c1. The molecule has 112 valence electrons. The lowest BCUT2D eigenvalue weighted by Gasteiger charge is -2.13. The maximum absolute atomic E-state index is 12.1.